The van der Waals surface area contributed by atoms with Crippen LogP contribution in [0.3, 0.4) is 0 Å². The fraction of sp³-hybridized carbons (Fsp3) is 0.278. The summed E-state index contributed by atoms with van der Waals surface area (Å²) >= 11 is 0. The summed E-state index contributed by atoms with van der Waals surface area (Å²) in [6.07, 6.45) is 0. The predicted octanol–water partition coefficient (Wildman–Crippen LogP) is 3.73. The lowest BCUT2D eigenvalue weighted by Crippen LogP contribution is -2.28. The highest BCUT2D eigenvalue weighted by Crippen LogP contribution is 2.16. The molecule has 0 saturated carbocycles. The monoisotopic (exact) mass is 283 g/mol. The number of aliphatic carboxylic acids is 1. The van der Waals surface area contributed by atoms with Gasteiger partial charge in [-0.25, -0.2) is 0 Å². The highest BCUT2D eigenvalue weighted by atomic mass is 16.4. The first-order chi connectivity index (χ1) is 10.1. The maximum atomic E-state index is 11.4. The number of nitrogens with one attached hydrogen (secondary N) is 1. The van der Waals surface area contributed by atoms with Crippen molar-refractivity contribution in [3.05, 3.63) is 71.3 Å². The van der Waals surface area contributed by atoms with Gasteiger partial charge in [-0.1, -0.05) is 68.4 Å². The minimum Gasteiger partial charge on any atom is -0.480 e. The minimum atomic E-state index is -0.861. The van der Waals surface area contributed by atoms with Crippen molar-refractivity contribution >= 4 is 5.97 Å². The van der Waals surface area contributed by atoms with Crippen LogP contribution in [-0.2, 0) is 11.3 Å². The van der Waals surface area contributed by atoms with Crippen LogP contribution in [0.2, 0.25) is 0 Å². The summed E-state index contributed by atoms with van der Waals surface area (Å²) in [6, 6.07) is 16.8. The highest BCUT2D eigenvalue weighted by Gasteiger charge is 2.18. The number of hydrogen-bond acceptors (Lipinski definition) is 2. The molecule has 0 aliphatic carbocycles. The molecule has 1 atom stereocenters. The number of carbonyl (C=O) groups is 1. The van der Waals surface area contributed by atoms with E-state index in [9.17, 15) is 9.90 Å². The molecule has 0 saturated heterocycles. The maximum Gasteiger partial charge on any atom is 0.325 e. The number of carboxylic acids is 1. The molecule has 2 aromatic rings. The molecule has 2 rings (SSSR count). The fourth-order valence-corrected chi connectivity index (χ4v) is 2.23. The first kappa shape index (κ1) is 15.3. The van der Waals surface area contributed by atoms with E-state index in [0.717, 1.165) is 11.1 Å². The lowest BCUT2D eigenvalue weighted by Gasteiger charge is -2.15. The van der Waals surface area contributed by atoms with Gasteiger partial charge in [0, 0.05) is 6.54 Å². The summed E-state index contributed by atoms with van der Waals surface area (Å²) in [5, 5.41) is 12.5. The Morgan fingerprint density at radius 2 is 1.62 bits per heavy atom. The van der Waals surface area contributed by atoms with E-state index in [4.69, 9.17) is 0 Å². The van der Waals surface area contributed by atoms with E-state index in [1.54, 1.807) is 0 Å². The Balaban J connectivity index is 2.04. The Morgan fingerprint density at radius 1 is 1.00 bits per heavy atom. The van der Waals surface area contributed by atoms with Gasteiger partial charge < -0.3 is 5.11 Å². The molecule has 0 radical (unpaired) electrons. The molecule has 0 unspecified atom stereocenters. The van der Waals surface area contributed by atoms with Crippen molar-refractivity contribution in [2.24, 2.45) is 0 Å². The average molecular weight is 283 g/mol. The SMILES string of the molecule is CC(C)c1ccc(CN[C@H](C(=O)O)c2ccccc2)cc1. The number of carboxylic acid groups (broad SMARTS) is 1. The topological polar surface area (TPSA) is 49.3 Å². The average Bonchev–Trinajstić information content (AvgIpc) is 2.48. The third-order valence-corrected chi connectivity index (χ3v) is 3.54. The molecule has 3 heteroatoms. The lowest BCUT2D eigenvalue weighted by atomic mass is 10.0. The molecule has 0 spiro atoms. The fourth-order valence-electron chi connectivity index (χ4n) is 2.23. The van der Waals surface area contributed by atoms with Crippen LogP contribution in [0, 0.1) is 0 Å². The van der Waals surface area contributed by atoms with Crippen molar-refractivity contribution in [1.29, 1.82) is 0 Å². The molecule has 0 heterocycles. The standard InChI is InChI=1S/C18H21NO2/c1-13(2)15-10-8-14(9-11-15)12-19-17(18(20)21)16-6-4-3-5-7-16/h3-11,13,17,19H,12H2,1-2H3,(H,20,21)/t17-/m0/s1. The van der Waals surface area contributed by atoms with Gasteiger partial charge in [-0.3, -0.25) is 10.1 Å². The molecule has 0 amide bonds. The van der Waals surface area contributed by atoms with Crippen LogP contribution in [0.5, 0.6) is 0 Å². The third kappa shape index (κ3) is 4.17. The first-order valence-electron chi connectivity index (χ1n) is 7.18. The van der Waals surface area contributed by atoms with E-state index in [-0.39, 0.29) is 0 Å². The van der Waals surface area contributed by atoms with Crippen molar-refractivity contribution in [3.63, 3.8) is 0 Å². The molecule has 0 aromatic heterocycles. The smallest absolute Gasteiger partial charge is 0.325 e. The molecule has 0 aliphatic rings. The molecule has 2 aromatic carbocycles. The second-order valence-corrected chi connectivity index (χ2v) is 5.46. The Hall–Kier alpha value is -2.13. The zero-order valence-corrected chi connectivity index (χ0v) is 12.4. The Kier molecular flexibility index (Phi) is 5.12. The van der Waals surface area contributed by atoms with Crippen molar-refractivity contribution in [2.75, 3.05) is 0 Å². The van der Waals surface area contributed by atoms with Crippen molar-refractivity contribution in [1.82, 2.24) is 5.32 Å². The van der Waals surface area contributed by atoms with Crippen LogP contribution in [0.1, 0.15) is 42.5 Å². The summed E-state index contributed by atoms with van der Waals surface area (Å²) in [5.41, 5.74) is 3.14. The van der Waals surface area contributed by atoms with Gasteiger partial charge in [-0.05, 0) is 22.6 Å². The van der Waals surface area contributed by atoms with Crippen LogP contribution in [-0.4, -0.2) is 11.1 Å². The van der Waals surface area contributed by atoms with Crippen LogP contribution < -0.4 is 5.32 Å². The second kappa shape index (κ2) is 7.04. The summed E-state index contributed by atoms with van der Waals surface area (Å²) in [4.78, 5) is 11.4. The summed E-state index contributed by atoms with van der Waals surface area (Å²) in [6.45, 7) is 4.84. The van der Waals surface area contributed by atoms with Gasteiger partial charge in [0.15, 0.2) is 0 Å². The summed E-state index contributed by atoms with van der Waals surface area (Å²) in [5.74, 6) is -0.358. The largest absolute Gasteiger partial charge is 0.480 e. The zero-order valence-electron chi connectivity index (χ0n) is 12.4. The van der Waals surface area contributed by atoms with Gasteiger partial charge in [0.05, 0.1) is 0 Å². The van der Waals surface area contributed by atoms with E-state index < -0.39 is 12.0 Å². The van der Waals surface area contributed by atoms with Gasteiger partial charge >= 0.3 is 5.97 Å². The Labute approximate surface area is 125 Å². The van der Waals surface area contributed by atoms with Crippen LogP contribution >= 0.6 is 0 Å². The number of benzene rings is 2. The van der Waals surface area contributed by atoms with Crippen molar-refractivity contribution < 1.29 is 9.90 Å². The van der Waals surface area contributed by atoms with E-state index in [2.05, 4.69) is 31.3 Å². The van der Waals surface area contributed by atoms with Gasteiger partial charge in [0.2, 0.25) is 0 Å². The molecule has 3 nitrogen and oxygen atoms in total. The van der Waals surface area contributed by atoms with E-state index in [1.165, 1.54) is 5.56 Å². The van der Waals surface area contributed by atoms with Gasteiger partial charge in [-0.2, -0.15) is 0 Å². The predicted molar refractivity (Wildman–Crippen MR) is 84.2 cm³/mol. The summed E-state index contributed by atoms with van der Waals surface area (Å²) in [7, 11) is 0. The van der Waals surface area contributed by atoms with Crippen LogP contribution in [0.25, 0.3) is 0 Å². The first-order valence-corrected chi connectivity index (χ1v) is 7.18. The normalized spacial score (nSPS) is 12.3. The molecule has 2 N–H and O–H groups in total. The quantitative estimate of drug-likeness (QED) is 0.849. The minimum absolute atomic E-state index is 0.503. The van der Waals surface area contributed by atoms with Crippen LogP contribution in [0.15, 0.2) is 54.6 Å². The summed E-state index contributed by atoms with van der Waals surface area (Å²) < 4.78 is 0. The van der Waals surface area contributed by atoms with Crippen molar-refractivity contribution in [3.8, 4) is 0 Å². The van der Waals surface area contributed by atoms with E-state index >= 15 is 0 Å². The van der Waals surface area contributed by atoms with E-state index in [0.29, 0.717) is 12.5 Å². The zero-order chi connectivity index (χ0) is 15.2. The van der Waals surface area contributed by atoms with Crippen LogP contribution in [0.4, 0.5) is 0 Å². The molecule has 0 fully saturated rings. The van der Waals surface area contributed by atoms with Gasteiger partial charge in [-0.15, -0.1) is 0 Å². The van der Waals surface area contributed by atoms with Gasteiger partial charge in [0.25, 0.3) is 0 Å². The molecule has 110 valence electrons. The maximum absolute atomic E-state index is 11.4. The Bertz CT molecular complexity index is 576. The van der Waals surface area contributed by atoms with Gasteiger partial charge in [0.1, 0.15) is 6.04 Å². The Morgan fingerprint density at radius 3 is 2.14 bits per heavy atom. The molecule has 0 aliphatic heterocycles. The number of hydrogen-bond donors (Lipinski definition) is 2. The third-order valence-electron chi connectivity index (χ3n) is 3.54. The lowest BCUT2D eigenvalue weighted by molar-refractivity contribution is -0.139. The highest BCUT2D eigenvalue weighted by molar-refractivity contribution is 5.75. The molecular formula is C18H21NO2. The molecule has 0 bridgehead atoms. The molecular weight excluding hydrogens is 262 g/mol. The second-order valence-electron chi connectivity index (χ2n) is 5.46. The number of rotatable bonds is 6. The van der Waals surface area contributed by atoms with Crippen molar-refractivity contribution in [2.45, 2.75) is 32.4 Å². The van der Waals surface area contributed by atoms with E-state index in [1.807, 2.05) is 42.5 Å². The molecule has 21 heavy (non-hydrogen) atoms.